The standard InChI is InChI=1S/C24H19ClN4O3S/c25-23-15-19(9-12-21(23)22(16-27)17-5-2-1-3-6-17)29-24(30)18-7-10-20(11-8-18)33(31,32)28-14-4-13-26/h1-3,5-12,15,22,28H,4,14H2,(H,29,30). The number of hydrogen-bond donors (Lipinski definition) is 2. The Labute approximate surface area is 197 Å². The highest BCUT2D eigenvalue weighted by Gasteiger charge is 2.18. The highest BCUT2D eigenvalue weighted by molar-refractivity contribution is 7.89. The SMILES string of the molecule is N#CCCNS(=O)(=O)c1ccc(C(=O)Nc2ccc(C(C#N)c3ccccc3)c(Cl)c2)cc1. The van der Waals surface area contributed by atoms with Crippen LogP contribution in [0.4, 0.5) is 5.69 Å². The number of amides is 1. The van der Waals surface area contributed by atoms with E-state index < -0.39 is 21.8 Å². The van der Waals surface area contributed by atoms with E-state index in [1.165, 1.54) is 24.3 Å². The summed E-state index contributed by atoms with van der Waals surface area (Å²) in [5, 5.41) is 21.2. The molecular weight excluding hydrogens is 460 g/mol. The number of carbonyl (C=O) groups excluding carboxylic acids is 1. The van der Waals surface area contributed by atoms with Crippen LogP contribution in [0.2, 0.25) is 5.02 Å². The lowest BCUT2D eigenvalue weighted by molar-refractivity contribution is 0.102. The molecule has 2 N–H and O–H groups in total. The van der Waals surface area contributed by atoms with E-state index in [4.69, 9.17) is 16.9 Å². The second kappa shape index (κ2) is 10.8. The van der Waals surface area contributed by atoms with Crippen molar-refractivity contribution >= 4 is 33.2 Å². The Kier molecular flexibility index (Phi) is 7.81. The highest BCUT2D eigenvalue weighted by Crippen LogP contribution is 2.32. The van der Waals surface area contributed by atoms with Gasteiger partial charge in [0, 0.05) is 29.2 Å². The monoisotopic (exact) mass is 478 g/mol. The summed E-state index contributed by atoms with van der Waals surface area (Å²) in [5.41, 5.74) is 2.14. The predicted octanol–water partition coefficient (Wildman–Crippen LogP) is 4.44. The Morgan fingerprint density at radius 3 is 2.30 bits per heavy atom. The maximum absolute atomic E-state index is 12.6. The molecule has 0 saturated heterocycles. The van der Waals surface area contributed by atoms with Gasteiger partial charge in [-0.15, -0.1) is 0 Å². The van der Waals surface area contributed by atoms with Crippen LogP contribution in [-0.4, -0.2) is 20.9 Å². The van der Waals surface area contributed by atoms with Crippen LogP contribution in [0.25, 0.3) is 0 Å². The number of benzene rings is 3. The molecule has 9 heteroatoms. The number of anilines is 1. The van der Waals surface area contributed by atoms with Crippen molar-refractivity contribution in [2.75, 3.05) is 11.9 Å². The fraction of sp³-hybridized carbons (Fsp3) is 0.125. The topological polar surface area (TPSA) is 123 Å². The van der Waals surface area contributed by atoms with Crippen molar-refractivity contribution < 1.29 is 13.2 Å². The van der Waals surface area contributed by atoms with Gasteiger partial charge in [0.15, 0.2) is 0 Å². The summed E-state index contributed by atoms with van der Waals surface area (Å²) < 4.78 is 26.7. The van der Waals surface area contributed by atoms with Crippen molar-refractivity contribution in [3.05, 3.63) is 94.5 Å². The van der Waals surface area contributed by atoms with E-state index in [0.717, 1.165) is 5.56 Å². The van der Waals surface area contributed by atoms with Crippen molar-refractivity contribution in [3.8, 4) is 12.1 Å². The van der Waals surface area contributed by atoms with Gasteiger partial charge in [0.25, 0.3) is 5.91 Å². The Bertz CT molecular complexity index is 1330. The van der Waals surface area contributed by atoms with Gasteiger partial charge in [0.2, 0.25) is 10.0 Å². The lowest BCUT2D eigenvalue weighted by atomic mass is 9.92. The molecule has 0 radical (unpaired) electrons. The fourth-order valence-electron chi connectivity index (χ4n) is 3.12. The van der Waals surface area contributed by atoms with Crippen molar-refractivity contribution in [1.82, 2.24) is 4.72 Å². The average Bonchev–Trinajstić information content (AvgIpc) is 2.82. The first-order valence-corrected chi connectivity index (χ1v) is 11.7. The van der Waals surface area contributed by atoms with Crippen molar-refractivity contribution in [1.29, 1.82) is 10.5 Å². The zero-order valence-corrected chi connectivity index (χ0v) is 18.9. The number of carbonyl (C=O) groups is 1. The first kappa shape index (κ1) is 24.0. The van der Waals surface area contributed by atoms with Gasteiger partial charge in [-0.05, 0) is 47.5 Å². The van der Waals surface area contributed by atoms with E-state index in [1.54, 1.807) is 18.2 Å². The van der Waals surface area contributed by atoms with E-state index in [-0.39, 0.29) is 23.4 Å². The third-order valence-corrected chi connectivity index (χ3v) is 6.59. The summed E-state index contributed by atoms with van der Waals surface area (Å²) in [4.78, 5) is 12.6. The number of hydrogen-bond acceptors (Lipinski definition) is 5. The van der Waals surface area contributed by atoms with Crippen LogP contribution < -0.4 is 10.0 Å². The minimum atomic E-state index is -3.75. The maximum Gasteiger partial charge on any atom is 0.255 e. The molecule has 0 aromatic heterocycles. The van der Waals surface area contributed by atoms with Crippen molar-refractivity contribution in [2.45, 2.75) is 17.2 Å². The molecule has 3 rings (SSSR count). The molecule has 0 aliphatic carbocycles. The number of nitriles is 2. The molecular formula is C24H19ClN4O3S. The Balaban J connectivity index is 1.72. The first-order valence-electron chi connectivity index (χ1n) is 9.88. The largest absolute Gasteiger partial charge is 0.322 e. The van der Waals surface area contributed by atoms with Crippen LogP contribution >= 0.6 is 11.6 Å². The van der Waals surface area contributed by atoms with Gasteiger partial charge in [0.1, 0.15) is 0 Å². The van der Waals surface area contributed by atoms with E-state index in [9.17, 15) is 18.5 Å². The van der Waals surface area contributed by atoms with E-state index in [0.29, 0.717) is 16.3 Å². The van der Waals surface area contributed by atoms with Gasteiger partial charge < -0.3 is 5.32 Å². The van der Waals surface area contributed by atoms with Crippen molar-refractivity contribution in [3.63, 3.8) is 0 Å². The summed E-state index contributed by atoms with van der Waals surface area (Å²) >= 11 is 6.41. The Hall–Kier alpha value is -3.69. The highest BCUT2D eigenvalue weighted by atomic mass is 35.5. The first-order chi connectivity index (χ1) is 15.9. The van der Waals surface area contributed by atoms with Crippen LogP contribution in [0.1, 0.15) is 33.8 Å². The van der Waals surface area contributed by atoms with E-state index in [2.05, 4.69) is 16.1 Å². The molecule has 1 amide bonds. The van der Waals surface area contributed by atoms with Crippen LogP contribution in [0.3, 0.4) is 0 Å². The lowest BCUT2D eigenvalue weighted by Crippen LogP contribution is -2.24. The average molecular weight is 479 g/mol. The summed E-state index contributed by atoms with van der Waals surface area (Å²) in [6.45, 7) is 0.00869. The minimum Gasteiger partial charge on any atom is -0.322 e. The third-order valence-electron chi connectivity index (χ3n) is 4.79. The molecule has 0 aliphatic rings. The zero-order valence-electron chi connectivity index (χ0n) is 17.3. The molecule has 3 aromatic carbocycles. The minimum absolute atomic E-state index is 0.00663. The van der Waals surface area contributed by atoms with E-state index >= 15 is 0 Å². The fourth-order valence-corrected chi connectivity index (χ4v) is 4.44. The number of halogens is 1. The van der Waals surface area contributed by atoms with Crippen LogP contribution in [0.5, 0.6) is 0 Å². The van der Waals surface area contributed by atoms with Crippen LogP contribution in [-0.2, 0) is 10.0 Å². The molecule has 0 spiro atoms. The predicted molar refractivity (Wildman–Crippen MR) is 125 cm³/mol. The molecule has 7 nitrogen and oxygen atoms in total. The summed E-state index contributed by atoms with van der Waals surface area (Å²) in [7, 11) is -3.75. The number of sulfonamides is 1. The smallest absolute Gasteiger partial charge is 0.255 e. The Morgan fingerprint density at radius 1 is 1.00 bits per heavy atom. The lowest BCUT2D eigenvalue weighted by Gasteiger charge is -2.14. The molecule has 1 atom stereocenters. The summed E-state index contributed by atoms with van der Waals surface area (Å²) in [6.07, 6.45) is 0.0571. The van der Waals surface area contributed by atoms with Crippen molar-refractivity contribution in [2.24, 2.45) is 0 Å². The normalized spacial score (nSPS) is 11.7. The van der Waals surface area contributed by atoms with E-state index in [1.807, 2.05) is 36.4 Å². The second-order valence-corrected chi connectivity index (χ2v) is 9.17. The molecule has 33 heavy (non-hydrogen) atoms. The number of nitrogens with zero attached hydrogens (tertiary/aromatic N) is 2. The van der Waals surface area contributed by atoms with Gasteiger partial charge >= 0.3 is 0 Å². The molecule has 0 saturated carbocycles. The van der Waals surface area contributed by atoms with Gasteiger partial charge in [-0.25, -0.2) is 13.1 Å². The second-order valence-electron chi connectivity index (χ2n) is 6.99. The molecule has 166 valence electrons. The Morgan fingerprint density at radius 2 is 1.70 bits per heavy atom. The summed E-state index contributed by atoms with van der Waals surface area (Å²) in [5.74, 6) is -0.986. The molecule has 1 unspecified atom stereocenters. The number of nitrogens with one attached hydrogen (secondary N) is 2. The molecule has 0 fully saturated rings. The maximum atomic E-state index is 12.6. The molecule has 0 bridgehead atoms. The summed E-state index contributed by atoms with van der Waals surface area (Å²) in [6, 6.07) is 23.7. The molecule has 0 aliphatic heterocycles. The molecule has 3 aromatic rings. The van der Waals surface area contributed by atoms with Crippen LogP contribution in [0.15, 0.2) is 77.7 Å². The van der Waals surface area contributed by atoms with Crippen LogP contribution in [0, 0.1) is 22.7 Å². The zero-order chi connectivity index (χ0) is 23.8. The van der Waals surface area contributed by atoms with Gasteiger partial charge in [0.05, 0.1) is 23.0 Å². The van der Waals surface area contributed by atoms with Gasteiger partial charge in [-0.3, -0.25) is 4.79 Å². The third kappa shape index (κ3) is 5.97. The number of rotatable bonds is 8. The van der Waals surface area contributed by atoms with Gasteiger partial charge in [-0.2, -0.15) is 10.5 Å². The van der Waals surface area contributed by atoms with Gasteiger partial charge in [-0.1, -0.05) is 48.0 Å². The molecule has 0 heterocycles. The quantitative estimate of drug-likeness (QED) is 0.463.